The van der Waals surface area contributed by atoms with Crippen molar-refractivity contribution in [2.45, 2.75) is 38.8 Å². The lowest BCUT2D eigenvalue weighted by molar-refractivity contribution is -0.117. The van der Waals surface area contributed by atoms with Crippen molar-refractivity contribution >= 4 is 21.6 Å². The summed E-state index contributed by atoms with van der Waals surface area (Å²) in [5, 5.41) is 2.72. The van der Waals surface area contributed by atoms with Crippen LogP contribution < -0.4 is 14.8 Å². The summed E-state index contributed by atoms with van der Waals surface area (Å²) in [7, 11) is -2.06. The molecule has 2 aromatic rings. The van der Waals surface area contributed by atoms with Crippen LogP contribution >= 0.6 is 0 Å². The first-order valence-electron chi connectivity index (χ1n) is 10.9. The van der Waals surface area contributed by atoms with Crippen LogP contribution in [0.3, 0.4) is 0 Å². The fraction of sp³-hybridized carbons (Fsp3) is 0.435. The molecule has 0 aliphatic rings. The molecule has 8 nitrogen and oxygen atoms in total. The lowest BCUT2D eigenvalue weighted by Crippen LogP contribution is -2.31. The topological polar surface area (TPSA) is 88.2 Å². The molecule has 0 spiro atoms. The summed E-state index contributed by atoms with van der Waals surface area (Å²) in [5.74, 6) is -0.0515. The number of nitrogens with zero attached hydrogens (tertiary/aromatic N) is 2. The van der Waals surface area contributed by atoms with Gasteiger partial charge in [0, 0.05) is 25.3 Å². The molecule has 0 saturated heterocycles. The van der Waals surface area contributed by atoms with Gasteiger partial charge in [0.1, 0.15) is 16.4 Å². The Morgan fingerprint density at radius 1 is 1.06 bits per heavy atom. The van der Waals surface area contributed by atoms with Crippen molar-refractivity contribution < 1.29 is 31.5 Å². The van der Waals surface area contributed by atoms with Gasteiger partial charge >= 0.3 is 6.61 Å². The second kappa shape index (κ2) is 12.6. The van der Waals surface area contributed by atoms with Gasteiger partial charge in [0.25, 0.3) is 0 Å². The Hall–Kier alpha value is -2.76. The van der Waals surface area contributed by atoms with Crippen LogP contribution in [0.5, 0.6) is 11.5 Å². The predicted octanol–water partition coefficient (Wildman–Crippen LogP) is 3.79. The Balaban J connectivity index is 2.09. The third-order valence-corrected chi connectivity index (χ3v) is 6.94. The lowest BCUT2D eigenvalue weighted by atomic mass is 10.2. The molecule has 0 bridgehead atoms. The zero-order valence-electron chi connectivity index (χ0n) is 19.8. The molecule has 1 amide bonds. The molecule has 0 radical (unpaired) electrons. The fourth-order valence-corrected chi connectivity index (χ4v) is 4.97. The van der Waals surface area contributed by atoms with Crippen molar-refractivity contribution in [2.75, 3.05) is 38.6 Å². The Morgan fingerprint density at radius 2 is 1.71 bits per heavy atom. The molecule has 0 heterocycles. The Labute approximate surface area is 199 Å². The van der Waals surface area contributed by atoms with E-state index in [1.54, 1.807) is 50.9 Å². The first-order chi connectivity index (χ1) is 16.1. The van der Waals surface area contributed by atoms with Crippen LogP contribution in [-0.2, 0) is 21.4 Å². The number of hydrogen-bond donors (Lipinski definition) is 1. The average Bonchev–Trinajstić information content (AvgIpc) is 2.76. The van der Waals surface area contributed by atoms with Crippen LogP contribution in [0.15, 0.2) is 47.4 Å². The van der Waals surface area contributed by atoms with E-state index in [-0.39, 0.29) is 28.8 Å². The number of hydrogen-bond acceptors (Lipinski definition) is 6. The number of amides is 1. The van der Waals surface area contributed by atoms with Crippen molar-refractivity contribution in [1.82, 2.24) is 9.21 Å². The van der Waals surface area contributed by atoms with Gasteiger partial charge in [-0.1, -0.05) is 26.0 Å². The van der Waals surface area contributed by atoms with Crippen LogP contribution in [0, 0.1) is 0 Å². The number of ether oxygens (including phenoxy) is 2. The van der Waals surface area contributed by atoms with E-state index in [2.05, 4.69) is 10.1 Å². The molecule has 2 rings (SSSR count). The molecular formula is C23H31F2N3O5S. The summed E-state index contributed by atoms with van der Waals surface area (Å²) < 4.78 is 61.8. The maximum Gasteiger partial charge on any atom is 0.387 e. The smallest absolute Gasteiger partial charge is 0.387 e. The van der Waals surface area contributed by atoms with E-state index in [0.29, 0.717) is 31.9 Å². The molecular weight excluding hydrogens is 468 g/mol. The van der Waals surface area contributed by atoms with Crippen molar-refractivity contribution in [2.24, 2.45) is 0 Å². The maximum atomic E-state index is 13.1. The van der Waals surface area contributed by atoms with E-state index in [1.807, 2.05) is 0 Å². The highest BCUT2D eigenvalue weighted by Crippen LogP contribution is 2.30. The van der Waals surface area contributed by atoms with E-state index >= 15 is 0 Å². The zero-order valence-corrected chi connectivity index (χ0v) is 20.6. The third kappa shape index (κ3) is 7.64. The number of halogens is 2. The Bertz CT molecular complexity index is 1050. The van der Waals surface area contributed by atoms with Crippen molar-refractivity contribution in [3.05, 3.63) is 48.0 Å². The van der Waals surface area contributed by atoms with Gasteiger partial charge in [0.15, 0.2) is 0 Å². The monoisotopic (exact) mass is 499 g/mol. The largest absolute Gasteiger partial charge is 0.492 e. The summed E-state index contributed by atoms with van der Waals surface area (Å²) >= 11 is 0. The minimum Gasteiger partial charge on any atom is -0.492 e. The Kier molecular flexibility index (Phi) is 10.2. The second-order valence-electron chi connectivity index (χ2n) is 7.43. The van der Waals surface area contributed by atoms with Gasteiger partial charge < -0.3 is 14.8 Å². The third-order valence-electron chi connectivity index (χ3n) is 4.87. The fourth-order valence-electron chi connectivity index (χ4n) is 3.35. The number of anilines is 1. The molecule has 0 fully saturated rings. The van der Waals surface area contributed by atoms with E-state index in [1.165, 1.54) is 28.6 Å². The maximum absolute atomic E-state index is 13.1. The summed E-state index contributed by atoms with van der Waals surface area (Å²) in [5.41, 5.74) is 1.15. The number of benzene rings is 2. The molecule has 34 heavy (non-hydrogen) atoms. The van der Waals surface area contributed by atoms with Crippen LogP contribution in [0.25, 0.3) is 0 Å². The molecule has 0 aliphatic carbocycles. The van der Waals surface area contributed by atoms with E-state index < -0.39 is 16.6 Å². The summed E-state index contributed by atoms with van der Waals surface area (Å²) in [6.07, 6.45) is 0. The van der Waals surface area contributed by atoms with Gasteiger partial charge in [-0.05, 0) is 49.9 Å². The molecule has 188 valence electrons. The summed E-state index contributed by atoms with van der Waals surface area (Å²) in [6, 6.07) is 10.7. The lowest BCUT2D eigenvalue weighted by Gasteiger charge is -2.21. The SMILES string of the molecule is CCOc1ccc(NC(=O)CN(C)Cc2ccc(OC(F)F)cc2)cc1S(=O)(=O)N(CC)CC. The zero-order chi connectivity index (χ0) is 25.3. The van der Waals surface area contributed by atoms with Gasteiger partial charge in [-0.25, -0.2) is 8.42 Å². The minimum atomic E-state index is -3.80. The van der Waals surface area contributed by atoms with Gasteiger partial charge in [0.05, 0.1) is 13.2 Å². The number of rotatable bonds is 13. The number of carbonyl (C=O) groups excluding carboxylic acids is 1. The van der Waals surface area contributed by atoms with Gasteiger partial charge in [-0.15, -0.1) is 0 Å². The minimum absolute atomic E-state index is 0.00434. The van der Waals surface area contributed by atoms with Gasteiger partial charge in [0.2, 0.25) is 15.9 Å². The van der Waals surface area contributed by atoms with Crippen LogP contribution in [0.4, 0.5) is 14.5 Å². The number of alkyl halides is 2. The first kappa shape index (κ1) is 27.5. The molecule has 0 saturated carbocycles. The standard InChI is InChI=1S/C23H31F2N3O5S/c1-5-28(6-2)34(30,31)21-14-18(10-13-20(21)32-7-3)26-22(29)16-27(4)15-17-8-11-19(12-9-17)33-23(24)25/h8-14,23H,5-7,15-16H2,1-4H3,(H,26,29). The molecule has 11 heteroatoms. The van der Waals surface area contributed by atoms with E-state index in [4.69, 9.17) is 4.74 Å². The average molecular weight is 500 g/mol. The van der Waals surface area contributed by atoms with E-state index in [9.17, 15) is 22.0 Å². The number of likely N-dealkylation sites (N-methyl/N-ethyl adjacent to an activating group) is 1. The molecule has 0 aromatic heterocycles. The molecule has 2 aromatic carbocycles. The van der Waals surface area contributed by atoms with Crippen molar-refractivity contribution in [1.29, 1.82) is 0 Å². The molecule has 0 aliphatic heterocycles. The molecule has 1 N–H and O–H groups in total. The number of carbonyl (C=O) groups is 1. The Morgan fingerprint density at radius 3 is 2.26 bits per heavy atom. The highest BCUT2D eigenvalue weighted by atomic mass is 32.2. The first-order valence-corrected chi connectivity index (χ1v) is 12.3. The number of nitrogens with one attached hydrogen (secondary N) is 1. The highest BCUT2D eigenvalue weighted by molar-refractivity contribution is 7.89. The molecule has 0 atom stereocenters. The van der Waals surface area contributed by atoms with Crippen molar-refractivity contribution in [3.63, 3.8) is 0 Å². The predicted molar refractivity (Wildman–Crippen MR) is 126 cm³/mol. The molecule has 0 unspecified atom stereocenters. The van der Waals surface area contributed by atoms with Crippen molar-refractivity contribution in [3.8, 4) is 11.5 Å². The van der Waals surface area contributed by atoms with Crippen LogP contribution in [-0.4, -0.2) is 63.4 Å². The second-order valence-corrected chi connectivity index (χ2v) is 9.33. The summed E-state index contributed by atoms with van der Waals surface area (Å²) in [6.45, 7) is 3.72. The van der Waals surface area contributed by atoms with Gasteiger partial charge in [-0.2, -0.15) is 13.1 Å². The van der Waals surface area contributed by atoms with Crippen LogP contribution in [0.1, 0.15) is 26.3 Å². The van der Waals surface area contributed by atoms with Gasteiger partial charge in [-0.3, -0.25) is 9.69 Å². The van der Waals surface area contributed by atoms with Crippen LogP contribution in [0.2, 0.25) is 0 Å². The summed E-state index contributed by atoms with van der Waals surface area (Å²) in [4.78, 5) is 14.3. The highest BCUT2D eigenvalue weighted by Gasteiger charge is 2.26. The quantitative estimate of drug-likeness (QED) is 0.451. The number of sulfonamides is 1. The van der Waals surface area contributed by atoms with E-state index in [0.717, 1.165) is 5.56 Å². The normalized spacial score (nSPS) is 11.8.